The van der Waals surface area contributed by atoms with Crippen molar-refractivity contribution in [3.05, 3.63) is 41.8 Å². The van der Waals surface area contributed by atoms with Crippen molar-refractivity contribution in [3.8, 4) is 6.07 Å². The normalized spacial score (nSPS) is 20.6. The molecule has 3 heterocycles. The second-order valence-electron chi connectivity index (χ2n) is 8.57. The molecule has 0 saturated carbocycles. The summed E-state index contributed by atoms with van der Waals surface area (Å²) in [5, 5.41) is 17.2. The summed E-state index contributed by atoms with van der Waals surface area (Å²) in [5.74, 6) is -1.38. The zero-order valence-corrected chi connectivity index (χ0v) is 18.8. The van der Waals surface area contributed by atoms with Gasteiger partial charge in [0, 0.05) is 31.5 Å². The van der Waals surface area contributed by atoms with Gasteiger partial charge in [-0.05, 0) is 56.6 Å². The average Bonchev–Trinajstić information content (AvgIpc) is 3.50. The van der Waals surface area contributed by atoms with Crippen molar-refractivity contribution in [2.45, 2.75) is 25.3 Å². The minimum atomic E-state index is -0.677. The molecule has 3 N–H and O–H groups in total. The molecule has 0 spiro atoms. The molecule has 0 radical (unpaired) electrons. The third-order valence-corrected chi connectivity index (χ3v) is 6.28. The number of hydrogen-bond acceptors (Lipinski definition) is 7. The van der Waals surface area contributed by atoms with Crippen molar-refractivity contribution in [1.29, 1.82) is 5.26 Å². The lowest BCUT2D eigenvalue weighted by molar-refractivity contribution is 0.0719. The van der Waals surface area contributed by atoms with Gasteiger partial charge in [-0.15, -0.1) is 0 Å². The van der Waals surface area contributed by atoms with Crippen LogP contribution in [0.3, 0.4) is 0 Å². The summed E-state index contributed by atoms with van der Waals surface area (Å²) in [6.07, 6.45) is 3.91. The molecule has 34 heavy (non-hydrogen) atoms. The van der Waals surface area contributed by atoms with Gasteiger partial charge in [0.05, 0.1) is 18.0 Å². The number of carbonyl (C=O) groups excluding carboxylic acids is 2. The number of anilines is 2. The monoisotopic (exact) mass is 469 g/mol. The standard InChI is InChI=1S/C23H28FN7O3/c24-17-3-5-18(6-4-17)27-22-19(21(26)32)15-31(28-22)20-7-10-30(14-16(20)13-25)23(33)34-12-11-29-8-1-2-9-29/h3-6,15-16,20H,1-2,7-12,14H2,(H2,26,32)(H,27,28)/t16-,20-/m1/s1. The van der Waals surface area contributed by atoms with Gasteiger partial charge >= 0.3 is 6.09 Å². The van der Waals surface area contributed by atoms with E-state index in [2.05, 4.69) is 21.4 Å². The Morgan fingerprint density at radius 1 is 1.24 bits per heavy atom. The minimum absolute atomic E-state index is 0.157. The number of nitrogens with one attached hydrogen (secondary N) is 1. The Hall–Kier alpha value is -3.65. The Kier molecular flexibility index (Phi) is 7.27. The number of carbonyl (C=O) groups is 2. The van der Waals surface area contributed by atoms with E-state index in [0.29, 0.717) is 25.3 Å². The number of piperidine rings is 1. The van der Waals surface area contributed by atoms with E-state index in [-0.39, 0.29) is 29.8 Å². The Balaban J connectivity index is 1.40. The quantitative estimate of drug-likeness (QED) is 0.637. The van der Waals surface area contributed by atoms with E-state index < -0.39 is 17.9 Å². The molecular weight excluding hydrogens is 441 g/mol. The molecule has 11 heteroatoms. The molecule has 2 saturated heterocycles. The average molecular weight is 470 g/mol. The van der Waals surface area contributed by atoms with Crippen molar-refractivity contribution in [2.24, 2.45) is 11.7 Å². The van der Waals surface area contributed by atoms with E-state index in [1.807, 2.05) is 0 Å². The van der Waals surface area contributed by atoms with Crippen molar-refractivity contribution < 1.29 is 18.7 Å². The van der Waals surface area contributed by atoms with Gasteiger partial charge in [0.2, 0.25) is 0 Å². The van der Waals surface area contributed by atoms with Crippen molar-refractivity contribution >= 4 is 23.5 Å². The van der Waals surface area contributed by atoms with Crippen LogP contribution in [0.4, 0.5) is 20.7 Å². The van der Waals surface area contributed by atoms with Crippen LogP contribution in [0, 0.1) is 23.1 Å². The topological polar surface area (TPSA) is 130 Å². The summed E-state index contributed by atoms with van der Waals surface area (Å²) in [5.41, 5.74) is 6.22. The van der Waals surface area contributed by atoms with Crippen LogP contribution in [0.15, 0.2) is 30.5 Å². The number of likely N-dealkylation sites (tertiary alicyclic amines) is 2. The number of nitrogens with two attached hydrogens (primary N) is 1. The third-order valence-electron chi connectivity index (χ3n) is 6.28. The molecule has 4 rings (SSSR count). The minimum Gasteiger partial charge on any atom is -0.448 e. The van der Waals surface area contributed by atoms with Crippen LogP contribution in [0.25, 0.3) is 0 Å². The van der Waals surface area contributed by atoms with Gasteiger partial charge in [-0.2, -0.15) is 10.4 Å². The first-order chi connectivity index (χ1) is 16.4. The van der Waals surface area contributed by atoms with Crippen LogP contribution >= 0.6 is 0 Å². The van der Waals surface area contributed by atoms with Gasteiger partial charge in [0.25, 0.3) is 5.91 Å². The molecule has 180 valence electrons. The lowest BCUT2D eigenvalue weighted by Crippen LogP contribution is -2.44. The number of halogens is 1. The maximum atomic E-state index is 13.2. The molecule has 2 atom stereocenters. The summed E-state index contributed by atoms with van der Waals surface area (Å²) in [7, 11) is 0. The number of rotatable bonds is 7. The van der Waals surface area contributed by atoms with Gasteiger partial charge < -0.3 is 20.7 Å². The van der Waals surface area contributed by atoms with E-state index >= 15 is 0 Å². The first-order valence-electron chi connectivity index (χ1n) is 11.4. The zero-order chi connectivity index (χ0) is 24.1. The largest absolute Gasteiger partial charge is 0.448 e. The smallest absolute Gasteiger partial charge is 0.409 e. The summed E-state index contributed by atoms with van der Waals surface area (Å²) in [4.78, 5) is 28.3. The van der Waals surface area contributed by atoms with Gasteiger partial charge in [-0.25, -0.2) is 9.18 Å². The highest BCUT2D eigenvalue weighted by molar-refractivity contribution is 5.98. The van der Waals surface area contributed by atoms with Gasteiger partial charge in [-0.1, -0.05) is 0 Å². The molecule has 0 bridgehead atoms. The molecule has 2 amide bonds. The van der Waals surface area contributed by atoms with Crippen LogP contribution in [-0.4, -0.2) is 70.9 Å². The highest BCUT2D eigenvalue weighted by atomic mass is 19.1. The predicted molar refractivity (Wildman–Crippen MR) is 122 cm³/mol. The number of ether oxygens (including phenoxy) is 1. The first-order valence-corrected chi connectivity index (χ1v) is 11.4. The number of amides is 2. The number of nitrogens with zero attached hydrogens (tertiary/aromatic N) is 5. The Morgan fingerprint density at radius 2 is 1.97 bits per heavy atom. The summed E-state index contributed by atoms with van der Waals surface area (Å²) >= 11 is 0. The first kappa shape index (κ1) is 23.5. The molecule has 2 aliphatic heterocycles. The predicted octanol–water partition coefficient (Wildman–Crippen LogP) is 2.48. The number of aromatic nitrogens is 2. The molecule has 0 unspecified atom stereocenters. The van der Waals surface area contributed by atoms with Gasteiger partial charge in [0.1, 0.15) is 18.0 Å². The van der Waals surface area contributed by atoms with Crippen molar-refractivity contribution in [2.75, 3.05) is 44.6 Å². The molecule has 10 nitrogen and oxygen atoms in total. The van der Waals surface area contributed by atoms with E-state index in [1.54, 1.807) is 9.58 Å². The molecule has 2 fully saturated rings. The van der Waals surface area contributed by atoms with E-state index in [4.69, 9.17) is 10.5 Å². The van der Waals surface area contributed by atoms with E-state index in [9.17, 15) is 19.2 Å². The molecular formula is C23H28FN7O3. The van der Waals surface area contributed by atoms with E-state index in [1.165, 1.54) is 43.3 Å². The van der Waals surface area contributed by atoms with Crippen molar-refractivity contribution in [1.82, 2.24) is 19.6 Å². The lowest BCUT2D eigenvalue weighted by Gasteiger charge is -2.34. The van der Waals surface area contributed by atoms with Crippen LogP contribution in [0.1, 0.15) is 35.7 Å². The van der Waals surface area contributed by atoms with Crippen LogP contribution in [-0.2, 0) is 4.74 Å². The zero-order valence-electron chi connectivity index (χ0n) is 18.8. The summed E-state index contributed by atoms with van der Waals surface area (Å²) in [6.45, 7) is 3.73. The molecule has 1 aromatic heterocycles. The highest BCUT2D eigenvalue weighted by Gasteiger charge is 2.35. The van der Waals surface area contributed by atoms with E-state index in [0.717, 1.165) is 19.6 Å². The summed E-state index contributed by atoms with van der Waals surface area (Å²) in [6, 6.07) is 7.52. The number of hydrogen-bond donors (Lipinski definition) is 2. The maximum absolute atomic E-state index is 13.2. The second kappa shape index (κ2) is 10.5. The Bertz CT molecular complexity index is 1060. The number of benzene rings is 1. The van der Waals surface area contributed by atoms with Crippen LogP contribution in [0.2, 0.25) is 0 Å². The molecule has 1 aromatic carbocycles. The fraction of sp³-hybridized carbons (Fsp3) is 0.478. The third kappa shape index (κ3) is 5.46. The Labute approximate surface area is 197 Å². The Morgan fingerprint density at radius 3 is 2.65 bits per heavy atom. The maximum Gasteiger partial charge on any atom is 0.409 e. The van der Waals surface area contributed by atoms with Crippen molar-refractivity contribution in [3.63, 3.8) is 0 Å². The van der Waals surface area contributed by atoms with Crippen LogP contribution in [0.5, 0.6) is 0 Å². The fourth-order valence-electron chi connectivity index (χ4n) is 4.41. The van der Waals surface area contributed by atoms with Gasteiger partial charge in [0.15, 0.2) is 5.82 Å². The molecule has 0 aliphatic carbocycles. The second-order valence-corrected chi connectivity index (χ2v) is 8.57. The summed E-state index contributed by atoms with van der Waals surface area (Å²) < 4.78 is 20.2. The van der Waals surface area contributed by atoms with Gasteiger partial charge in [-0.3, -0.25) is 14.4 Å². The number of primary amides is 1. The number of nitriles is 1. The molecule has 2 aliphatic rings. The lowest BCUT2D eigenvalue weighted by atomic mass is 9.94. The van der Waals surface area contributed by atoms with Crippen LogP contribution < -0.4 is 11.1 Å². The SMILES string of the molecule is N#C[C@@H]1CN(C(=O)OCCN2CCCC2)CC[C@H]1n1cc(C(N)=O)c(Nc2ccc(F)cc2)n1. The molecule has 2 aromatic rings. The fourth-order valence-corrected chi connectivity index (χ4v) is 4.41. The highest BCUT2D eigenvalue weighted by Crippen LogP contribution is 2.30.